The Bertz CT molecular complexity index is 391. The second kappa shape index (κ2) is 5.75. The fourth-order valence-electron chi connectivity index (χ4n) is 1.07. The van der Waals surface area contributed by atoms with E-state index in [2.05, 4.69) is 5.32 Å². The minimum absolute atomic E-state index is 0.0389. The maximum Gasteiger partial charge on any atom is 0.224 e. The number of hydrogen-bond donors (Lipinski definition) is 3. The lowest BCUT2D eigenvalue weighted by atomic mass is 10.3. The first-order valence-corrected chi connectivity index (χ1v) is 4.97. The molecular formula is C11H15N3O2. The molecule has 16 heavy (non-hydrogen) atoms. The van der Waals surface area contributed by atoms with Gasteiger partial charge in [0.15, 0.2) is 0 Å². The maximum atomic E-state index is 11.2. The van der Waals surface area contributed by atoms with Gasteiger partial charge < -0.3 is 15.8 Å². The quantitative estimate of drug-likeness (QED) is 0.518. The Balaban J connectivity index is 2.63. The number of rotatable bonds is 5. The minimum Gasteiger partial charge on any atom is -0.486 e. The summed E-state index contributed by atoms with van der Waals surface area (Å²) in [6.45, 7) is 1.83. The number of amides is 1. The highest BCUT2D eigenvalue weighted by Gasteiger charge is 2.01. The van der Waals surface area contributed by atoms with Gasteiger partial charge in [-0.15, -0.1) is 0 Å². The van der Waals surface area contributed by atoms with Crippen LogP contribution in [0.2, 0.25) is 0 Å². The highest BCUT2D eigenvalue weighted by Crippen LogP contribution is 2.17. The first-order valence-electron chi connectivity index (χ1n) is 4.97. The van der Waals surface area contributed by atoms with Crippen molar-refractivity contribution in [2.45, 2.75) is 13.3 Å². The van der Waals surface area contributed by atoms with Gasteiger partial charge in [0.2, 0.25) is 5.91 Å². The predicted molar refractivity (Wildman–Crippen MR) is 62.8 cm³/mol. The lowest BCUT2D eigenvalue weighted by Gasteiger charge is -2.07. The third-order valence-electron chi connectivity index (χ3n) is 1.83. The molecule has 1 aromatic carbocycles. The molecule has 5 nitrogen and oxygen atoms in total. The van der Waals surface area contributed by atoms with Gasteiger partial charge in [-0.1, -0.05) is 13.0 Å². The highest BCUT2D eigenvalue weighted by molar-refractivity contribution is 5.90. The Kier molecular flexibility index (Phi) is 4.32. The number of carbonyl (C=O) groups is 1. The van der Waals surface area contributed by atoms with E-state index >= 15 is 0 Å². The largest absolute Gasteiger partial charge is 0.486 e. The molecule has 1 amide bonds. The van der Waals surface area contributed by atoms with E-state index in [1.165, 1.54) is 0 Å². The van der Waals surface area contributed by atoms with Crippen LogP contribution in [0.1, 0.15) is 13.3 Å². The molecule has 0 unspecified atom stereocenters. The normalized spacial score (nSPS) is 9.56. The topological polar surface area (TPSA) is 88.2 Å². The summed E-state index contributed by atoms with van der Waals surface area (Å²) in [6, 6.07) is 6.97. The molecule has 4 N–H and O–H groups in total. The summed E-state index contributed by atoms with van der Waals surface area (Å²) in [5.74, 6) is 0.482. The van der Waals surface area contributed by atoms with Gasteiger partial charge in [0.1, 0.15) is 18.2 Å². The number of carbonyl (C=O) groups excluding carboxylic acids is 1. The molecular weight excluding hydrogens is 206 g/mol. The smallest absolute Gasteiger partial charge is 0.224 e. The molecule has 0 heterocycles. The van der Waals surface area contributed by atoms with Crippen molar-refractivity contribution in [3.05, 3.63) is 24.3 Å². The molecule has 0 spiro atoms. The molecule has 1 aromatic rings. The van der Waals surface area contributed by atoms with E-state index in [9.17, 15) is 4.79 Å². The van der Waals surface area contributed by atoms with E-state index in [1.807, 2.05) is 0 Å². The molecule has 86 valence electrons. The number of anilines is 1. The molecule has 0 bridgehead atoms. The number of amidine groups is 1. The van der Waals surface area contributed by atoms with Crippen molar-refractivity contribution < 1.29 is 9.53 Å². The first-order chi connectivity index (χ1) is 7.61. The van der Waals surface area contributed by atoms with Gasteiger partial charge in [0.05, 0.1) is 0 Å². The van der Waals surface area contributed by atoms with Crippen molar-refractivity contribution in [2.24, 2.45) is 5.73 Å². The summed E-state index contributed by atoms with van der Waals surface area (Å²) in [6.07, 6.45) is 0.429. The number of benzene rings is 1. The summed E-state index contributed by atoms with van der Waals surface area (Å²) < 4.78 is 5.22. The van der Waals surface area contributed by atoms with Crippen molar-refractivity contribution in [2.75, 3.05) is 11.9 Å². The maximum absolute atomic E-state index is 11.2. The predicted octanol–water partition coefficient (Wildman–Crippen LogP) is 1.35. The summed E-state index contributed by atoms with van der Waals surface area (Å²) in [5, 5.41) is 9.74. The van der Waals surface area contributed by atoms with E-state index in [-0.39, 0.29) is 18.3 Å². The van der Waals surface area contributed by atoms with Crippen LogP contribution in [0.5, 0.6) is 5.75 Å². The minimum atomic E-state index is -0.0521. The fraction of sp³-hybridized carbons (Fsp3) is 0.273. The van der Waals surface area contributed by atoms with Crippen LogP contribution in [0.15, 0.2) is 24.3 Å². The van der Waals surface area contributed by atoms with Crippen molar-refractivity contribution in [1.29, 1.82) is 5.41 Å². The molecule has 0 aliphatic rings. The Hall–Kier alpha value is -2.04. The van der Waals surface area contributed by atoms with Gasteiger partial charge in [0.25, 0.3) is 0 Å². The van der Waals surface area contributed by atoms with Crippen LogP contribution in [-0.4, -0.2) is 18.3 Å². The van der Waals surface area contributed by atoms with Gasteiger partial charge in [-0.25, -0.2) is 0 Å². The first kappa shape index (κ1) is 12.0. The Morgan fingerprint density at radius 1 is 1.56 bits per heavy atom. The van der Waals surface area contributed by atoms with Gasteiger partial charge >= 0.3 is 0 Å². The summed E-state index contributed by atoms with van der Waals surface area (Å²) in [5.41, 5.74) is 5.84. The number of hydrogen-bond acceptors (Lipinski definition) is 3. The molecule has 0 atom stereocenters. The van der Waals surface area contributed by atoms with Crippen molar-refractivity contribution in [1.82, 2.24) is 0 Å². The van der Waals surface area contributed by atoms with E-state index < -0.39 is 0 Å². The zero-order valence-electron chi connectivity index (χ0n) is 9.12. The Labute approximate surface area is 94.1 Å². The molecule has 0 fully saturated rings. The van der Waals surface area contributed by atoms with Gasteiger partial charge in [-0.2, -0.15) is 0 Å². The highest BCUT2D eigenvalue weighted by atomic mass is 16.5. The molecule has 0 radical (unpaired) electrons. The molecule has 0 aliphatic carbocycles. The third kappa shape index (κ3) is 4.00. The zero-order chi connectivity index (χ0) is 12.0. The second-order valence-electron chi connectivity index (χ2n) is 3.24. The molecule has 5 heteroatoms. The van der Waals surface area contributed by atoms with Crippen LogP contribution in [0.4, 0.5) is 5.69 Å². The lowest BCUT2D eigenvalue weighted by molar-refractivity contribution is -0.115. The number of ether oxygens (including phenoxy) is 1. The Morgan fingerprint density at radius 2 is 2.31 bits per heavy atom. The van der Waals surface area contributed by atoms with Crippen LogP contribution in [0.3, 0.4) is 0 Å². The zero-order valence-corrected chi connectivity index (χ0v) is 9.12. The van der Waals surface area contributed by atoms with Crippen LogP contribution in [-0.2, 0) is 4.79 Å². The molecule has 0 aliphatic heterocycles. The van der Waals surface area contributed by atoms with Crippen molar-refractivity contribution >= 4 is 17.4 Å². The number of nitrogens with two attached hydrogens (primary N) is 1. The van der Waals surface area contributed by atoms with E-state index in [0.717, 1.165) is 0 Å². The van der Waals surface area contributed by atoms with E-state index in [1.54, 1.807) is 31.2 Å². The average Bonchev–Trinajstić information content (AvgIpc) is 2.26. The molecule has 1 rings (SSSR count). The van der Waals surface area contributed by atoms with Crippen LogP contribution >= 0.6 is 0 Å². The Morgan fingerprint density at radius 3 is 2.94 bits per heavy atom. The third-order valence-corrected chi connectivity index (χ3v) is 1.83. The lowest BCUT2D eigenvalue weighted by Crippen LogP contribution is -2.19. The monoisotopic (exact) mass is 221 g/mol. The van der Waals surface area contributed by atoms with Gasteiger partial charge in [-0.3, -0.25) is 10.2 Å². The van der Waals surface area contributed by atoms with Crippen molar-refractivity contribution in [3.8, 4) is 5.75 Å². The SMILES string of the molecule is CCC(=O)Nc1cccc(OCC(=N)N)c1. The van der Waals surface area contributed by atoms with E-state index in [4.69, 9.17) is 15.9 Å². The molecule has 0 aromatic heterocycles. The van der Waals surface area contributed by atoms with Crippen LogP contribution < -0.4 is 15.8 Å². The van der Waals surface area contributed by atoms with Crippen molar-refractivity contribution in [3.63, 3.8) is 0 Å². The molecule has 0 saturated heterocycles. The van der Waals surface area contributed by atoms with E-state index in [0.29, 0.717) is 17.9 Å². The summed E-state index contributed by atoms with van der Waals surface area (Å²) in [7, 11) is 0. The van der Waals surface area contributed by atoms with Gasteiger partial charge in [0, 0.05) is 18.2 Å². The summed E-state index contributed by atoms with van der Waals surface area (Å²) in [4.78, 5) is 11.2. The van der Waals surface area contributed by atoms with Crippen LogP contribution in [0.25, 0.3) is 0 Å². The fourth-order valence-corrected chi connectivity index (χ4v) is 1.07. The summed E-state index contributed by atoms with van der Waals surface area (Å²) >= 11 is 0. The average molecular weight is 221 g/mol. The van der Waals surface area contributed by atoms with Gasteiger partial charge in [-0.05, 0) is 12.1 Å². The van der Waals surface area contributed by atoms with Crippen LogP contribution in [0, 0.1) is 5.41 Å². The number of nitrogens with one attached hydrogen (secondary N) is 2. The standard InChI is InChI=1S/C11H15N3O2/c1-2-11(15)14-8-4-3-5-9(6-8)16-7-10(12)13/h3-6H,2,7H2,1H3,(H3,12,13)(H,14,15). The molecule has 0 saturated carbocycles. The second-order valence-corrected chi connectivity index (χ2v) is 3.24.